The highest BCUT2D eigenvalue weighted by atomic mass is 32.2. The number of hydrogen-bond donors (Lipinski definition) is 0. The Kier molecular flexibility index (Phi) is 7.33. The molecule has 1 fully saturated rings. The number of carbonyl (C=O) groups excluding carboxylic acids is 1. The minimum atomic E-state index is -4.09. The summed E-state index contributed by atoms with van der Waals surface area (Å²) in [6.45, 7) is 0. The van der Waals surface area contributed by atoms with Crippen molar-refractivity contribution in [2.75, 3.05) is 0 Å². The maximum Gasteiger partial charge on any atom is 0.297 e. The summed E-state index contributed by atoms with van der Waals surface area (Å²) in [5.74, 6) is -0.290. The van der Waals surface area contributed by atoms with E-state index < -0.39 is 21.1 Å². The number of nitro groups is 1. The maximum atomic E-state index is 13.0. The summed E-state index contributed by atoms with van der Waals surface area (Å²) in [5.41, 5.74) is 0.434. The van der Waals surface area contributed by atoms with Crippen molar-refractivity contribution in [2.45, 2.75) is 55.9 Å². The molecule has 1 aliphatic carbocycles. The predicted octanol–water partition coefficient (Wildman–Crippen LogP) is 4.91. The van der Waals surface area contributed by atoms with E-state index in [0.29, 0.717) is 24.8 Å². The monoisotopic (exact) mass is 431 g/mol. The first-order valence-corrected chi connectivity index (χ1v) is 11.5. The molecular weight excluding hydrogens is 406 g/mol. The first-order valence-electron chi connectivity index (χ1n) is 10.1. The SMILES string of the molecule is O=C(c1ccccc1)C1CCCCCCC(OS(=O)(=O)c2ccc([N+](=O)[O-])cc2)C1. The van der Waals surface area contributed by atoms with Crippen molar-refractivity contribution in [3.05, 3.63) is 70.3 Å². The molecule has 30 heavy (non-hydrogen) atoms. The zero-order valence-electron chi connectivity index (χ0n) is 16.6. The quantitative estimate of drug-likeness (QED) is 0.278. The van der Waals surface area contributed by atoms with Gasteiger partial charge in [0.05, 0.1) is 15.9 Å². The number of hydrogen-bond acceptors (Lipinski definition) is 6. The molecule has 0 N–H and O–H groups in total. The molecule has 8 heteroatoms. The van der Waals surface area contributed by atoms with Crippen LogP contribution in [0.4, 0.5) is 5.69 Å². The molecule has 3 rings (SSSR count). The van der Waals surface area contributed by atoms with Gasteiger partial charge in [-0.3, -0.25) is 19.1 Å². The topological polar surface area (TPSA) is 104 Å². The Labute approximate surface area is 176 Å². The van der Waals surface area contributed by atoms with Gasteiger partial charge in [0.2, 0.25) is 0 Å². The first-order chi connectivity index (χ1) is 14.4. The summed E-state index contributed by atoms with van der Waals surface area (Å²) in [6, 6.07) is 13.7. The van der Waals surface area contributed by atoms with Crippen molar-refractivity contribution in [2.24, 2.45) is 5.92 Å². The molecule has 0 spiro atoms. The van der Waals surface area contributed by atoms with Gasteiger partial charge in [-0.2, -0.15) is 8.42 Å². The second-order valence-electron chi connectivity index (χ2n) is 7.58. The third kappa shape index (κ3) is 5.73. The van der Waals surface area contributed by atoms with E-state index in [-0.39, 0.29) is 22.3 Å². The Morgan fingerprint density at radius 1 is 0.933 bits per heavy atom. The number of Topliss-reactive ketones (excluding diaryl/α,β-unsaturated/α-hetero) is 1. The van der Waals surface area contributed by atoms with Gasteiger partial charge >= 0.3 is 0 Å². The van der Waals surface area contributed by atoms with Crippen LogP contribution in [0.3, 0.4) is 0 Å². The van der Waals surface area contributed by atoms with Crippen LogP contribution < -0.4 is 0 Å². The third-order valence-electron chi connectivity index (χ3n) is 5.40. The fraction of sp³-hybridized carbons (Fsp3) is 0.409. The molecule has 0 amide bonds. The highest BCUT2D eigenvalue weighted by Gasteiger charge is 2.29. The Morgan fingerprint density at radius 2 is 1.57 bits per heavy atom. The normalized spacial score (nSPS) is 20.5. The lowest BCUT2D eigenvalue weighted by atomic mass is 9.88. The second kappa shape index (κ2) is 9.95. The lowest BCUT2D eigenvalue weighted by Gasteiger charge is -2.22. The van der Waals surface area contributed by atoms with E-state index in [4.69, 9.17) is 4.18 Å². The van der Waals surface area contributed by atoms with E-state index in [1.54, 1.807) is 12.1 Å². The van der Waals surface area contributed by atoms with Crippen LogP contribution >= 0.6 is 0 Å². The molecule has 0 aliphatic heterocycles. The molecule has 160 valence electrons. The molecule has 2 atom stereocenters. The van der Waals surface area contributed by atoms with Gasteiger partial charge in [0.15, 0.2) is 5.78 Å². The van der Waals surface area contributed by atoms with Gasteiger partial charge in [-0.25, -0.2) is 0 Å². The minimum Gasteiger partial charge on any atom is -0.294 e. The van der Waals surface area contributed by atoms with Crippen molar-refractivity contribution in [1.82, 2.24) is 0 Å². The molecule has 2 aromatic rings. The van der Waals surface area contributed by atoms with E-state index in [2.05, 4.69) is 0 Å². The van der Waals surface area contributed by atoms with Crippen molar-refractivity contribution >= 4 is 21.6 Å². The van der Waals surface area contributed by atoms with E-state index in [1.165, 1.54) is 12.1 Å². The van der Waals surface area contributed by atoms with Crippen LogP contribution in [-0.2, 0) is 14.3 Å². The third-order valence-corrected chi connectivity index (χ3v) is 6.78. The Hall–Kier alpha value is -2.58. The molecule has 7 nitrogen and oxygen atoms in total. The van der Waals surface area contributed by atoms with E-state index in [1.807, 2.05) is 18.2 Å². The summed E-state index contributed by atoms with van der Waals surface area (Å²) in [5, 5.41) is 10.8. The predicted molar refractivity (Wildman–Crippen MR) is 112 cm³/mol. The van der Waals surface area contributed by atoms with Gasteiger partial charge < -0.3 is 0 Å². The minimum absolute atomic E-state index is 0.0128. The number of ketones is 1. The number of nitrogens with zero attached hydrogens (tertiary/aromatic N) is 1. The van der Waals surface area contributed by atoms with Gasteiger partial charge in [0.25, 0.3) is 15.8 Å². The molecular formula is C22H25NO6S. The van der Waals surface area contributed by atoms with Crippen molar-refractivity contribution in [1.29, 1.82) is 0 Å². The highest BCUT2D eigenvalue weighted by Crippen LogP contribution is 2.29. The van der Waals surface area contributed by atoms with Gasteiger partial charge in [-0.15, -0.1) is 0 Å². The van der Waals surface area contributed by atoms with E-state index in [0.717, 1.165) is 37.8 Å². The molecule has 1 aliphatic rings. The zero-order valence-corrected chi connectivity index (χ0v) is 17.4. The van der Waals surface area contributed by atoms with Gasteiger partial charge in [-0.1, -0.05) is 56.0 Å². The summed E-state index contributed by atoms with van der Waals surface area (Å²) >= 11 is 0. The molecule has 0 saturated heterocycles. The summed E-state index contributed by atoms with van der Waals surface area (Å²) in [7, 11) is -4.09. The molecule has 0 bridgehead atoms. The standard InChI is InChI=1S/C22H25NO6S/c24-22(17-8-5-3-6-9-17)18-10-4-1-2-7-11-20(16-18)29-30(27,28)21-14-12-19(13-15-21)23(25)26/h3,5-6,8-9,12-15,18,20H,1-2,4,7,10-11,16H2. The first kappa shape index (κ1) is 22.1. The van der Waals surface area contributed by atoms with Crippen LogP contribution in [0.2, 0.25) is 0 Å². The molecule has 2 unspecified atom stereocenters. The number of nitro benzene ring substituents is 1. The summed E-state index contributed by atoms with van der Waals surface area (Å²) in [6.07, 6.45) is 4.68. The molecule has 0 aromatic heterocycles. The Bertz CT molecular complexity index is 972. The molecule has 0 heterocycles. The zero-order chi connectivity index (χ0) is 21.6. The summed E-state index contributed by atoms with van der Waals surface area (Å²) < 4.78 is 31.0. The van der Waals surface area contributed by atoms with Crippen LogP contribution in [-0.4, -0.2) is 25.2 Å². The van der Waals surface area contributed by atoms with Gasteiger partial charge in [0.1, 0.15) is 0 Å². The number of benzene rings is 2. The van der Waals surface area contributed by atoms with Gasteiger partial charge in [-0.05, 0) is 31.4 Å². The number of rotatable bonds is 6. The fourth-order valence-corrected chi connectivity index (χ4v) is 4.92. The number of non-ortho nitro benzene ring substituents is 1. The molecule has 1 saturated carbocycles. The Morgan fingerprint density at radius 3 is 2.20 bits per heavy atom. The van der Waals surface area contributed by atoms with E-state index >= 15 is 0 Å². The lowest BCUT2D eigenvalue weighted by Crippen LogP contribution is -2.25. The van der Waals surface area contributed by atoms with Crippen molar-refractivity contribution in [3.63, 3.8) is 0 Å². The number of carbonyl (C=O) groups is 1. The molecule has 0 radical (unpaired) electrons. The average Bonchev–Trinajstić information content (AvgIpc) is 2.86. The summed E-state index contributed by atoms with van der Waals surface area (Å²) in [4.78, 5) is 23.1. The van der Waals surface area contributed by atoms with Crippen molar-refractivity contribution < 1.29 is 22.3 Å². The van der Waals surface area contributed by atoms with Crippen LogP contribution in [0.5, 0.6) is 0 Å². The molecule has 2 aromatic carbocycles. The lowest BCUT2D eigenvalue weighted by molar-refractivity contribution is -0.384. The van der Waals surface area contributed by atoms with Crippen LogP contribution in [0.15, 0.2) is 59.5 Å². The maximum absolute atomic E-state index is 13.0. The van der Waals surface area contributed by atoms with Crippen molar-refractivity contribution in [3.8, 4) is 0 Å². The van der Waals surface area contributed by atoms with E-state index in [9.17, 15) is 23.3 Å². The van der Waals surface area contributed by atoms with Gasteiger partial charge in [0, 0.05) is 23.6 Å². The van der Waals surface area contributed by atoms with Crippen LogP contribution in [0, 0.1) is 16.0 Å². The largest absolute Gasteiger partial charge is 0.297 e. The van der Waals surface area contributed by atoms with Crippen LogP contribution in [0.25, 0.3) is 0 Å². The smallest absolute Gasteiger partial charge is 0.294 e. The highest BCUT2D eigenvalue weighted by molar-refractivity contribution is 7.86. The Balaban J connectivity index is 1.77. The second-order valence-corrected chi connectivity index (χ2v) is 9.15. The van der Waals surface area contributed by atoms with Crippen LogP contribution in [0.1, 0.15) is 55.3 Å². The fourth-order valence-electron chi connectivity index (χ4n) is 3.80. The average molecular weight is 432 g/mol.